The summed E-state index contributed by atoms with van der Waals surface area (Å²) in [6, 6.07) is 3.65. The van der Waals surface area contributed by atoms with Gasteiger partial charge in [0.05, 0.1) is 31.6 Å². The van der Waals surface area contributed by atoms with E-state index in [9.17, 15) is 4.79 Å². The normalized spacial score (nSPS) is 16.6. The molecule has 0 atom stereocenters. The van der Waals surface area contributed by atoms with E-state index in [0.717, 1.165) is 34.4 Å². The average Bonchev–Trinajstić information content (AvgIpc) is 2.33. The molecule has 1 aromatic carbocycles. The predicted molar refractivity (Wildman–Crippen MR) is 80.6 cm³/mol. The van der Waals surface area contributed by atoms with Gasteiger partial charge >= 0.3 is 5.97 Å². The molecule has 0 bridgehead atoms. The topological polar surface area (TPSA) is 47.6 Å². The Labute approximate surface area is 129 Å². The first-order valence-electron chi connectivity index (χ1n) is 5.84. The highest BCUT2D eigenvalue weighted by molar-refractivity contribution is 9.11. The van der Waals surface area contributed by atoms with Crippen LogP contribution in [0.5, 0.6) is 0 Å². The van der Waals surface area contributed by atoms with Crippen molar-refractivity contribution in [2.24, 2.45) is 5.41 Å². The number of methoxy groups -OCH3 is 1. The van der Waals surface area contributed by atoms with Crippen LogP contribution < -0.4 is 5.32 Å². The van der Waals surface area contributed by atoms with E-state index in [0.29, 0.717) is 5.56 Å². The summed E-state index contributed by atoms with van der Waals surface area (Å²) in [7, 11) is 1.38. The van der Waals surface area contributed by atoms with Crippen molar-refractivity contribution in [3.05, 3.63) is 26.6 Å². The van der Waals surface area contributed by atoms with Gasteiger partial charge in [0, 0.05) is 20.9 Å². The largest absolute Gasteiger partial charge is 0.465 e. The highest BCUT2D eigenvalue weighted by atomic mass is 79.9. The molecule has 1 aliphatic rings. The minimum absolute atomic E-state index is 0.125. The fourth-order valence-corrected chi connectivity index (χ4v) is 3.24. The van der Waals surface area contributed by atoms with Crippen LogP contribution in [0.4, 0.5) is 5.69 Å². The van der Waals surface area contributed by atoms with Crippen molar-refractivity contribution in [1.29, 1.82) is 0 Å². The standard InChI is InChI=1S/C13H15Br2NO3/c1-13(6-19-7-13)5-16-11-9(12(17)18-2)3-8(14)4-10(11)15/h3-4,16H,5-7H2,1-2H3. The van der Waals surface area contributed by atoms with Gasteiger partial charge in [-0.3, -0.25) is 0 Å². The predicted octanol–water partition coefficient (Wildman–Crippen LogP) is 3.45. The lowest BCUT2D eigenvalue weighted by molar-refractivity contribution is -0.0924. The molecule has 0 aliphatic carbocycles. The second kappa shape index (κ2) is 5.81. The molecule has 1 saturated heterocycles. The summed E-state index contributed by atoms with van der Waals surface area (Å²) < 4.78 is 11.7. The number of halogens is 2. The van der Waals surface area contributed by atoms with Gasteiger partial charge in [0.25, 0.3) is 0 Å². The van der Waals surface area contributed by atoms with Crippen molar-refractivity contribution < 1.29 is 14.3 Å². The van der Waals surface area contributed by atoms with Crippen LogP contribution in [-0.2, 0) is 9.47 Å². The Kier molecular flexibility index (Phi) is 4.53. The minimum atomic E-state index is -0.362. The average molecular weight is 393 g/mol. The summed E-state index contributed by atoms with van der Waals surface area (Å²) in [5.74, 6) is -0.362. The zero-order valence-corrected chi connectivity index (χ0v) is 13.9. The molecule has 6 heteroatoms. The molecule has 104 valence electrons. The molecule has 1 aliphatic heterocycles. The van der Waals surface area contributed by atoms with Crippen molar-refractivity contribution in [3.63, 3.8) is 0 Å². The molecule has 0 unspecified atom stereocenters. The van der Waals surface area contributed by atoms with Gasteiger partial charge in [-0.15, -0.1) is 0 Å². The lowest BCUT2D eigenvalue weighted by Crippen LogP contribution is -2.45. The molecule has 1 N–H and O–H groups in total. The van der Waals surface area contributed by atoms with Crippen molar-refractivity contribution in [3.8, 4) is 0 Å². The summed E-state index contributed by atoms with van der Waals surface area (Å²) in [6.45, 7) is 4.37. The second-order valence-electron chi connectivity index (χ2n) is 4.96. The molecule has 0 radical (unpaired) electrons. The summed E-state index contributed by atoms with van der Waals surface area (Å²) in [4.78, 5) is 11.8. The van der Waals surface area contributed by atoms with E-state index in [4.69, 9.17) is 9.47 Å². The molecule has 0 amide bonds. The van der Waals surface area contributed by atoms with E-state index in [2.05, 4.69) is 44.1 Å². The van der Waals surface area contributed by atoms with Crippen LogP contribution >= 0.6 is 31.9 Å². The van der Waals surface area contributed by atoms with Gasteiger partial charge in [0.2, 0.25) is 0 Å². The maximum atomic E-state index is 11.8. The third-order valence-corrected chi connectivity index (χ3v) is 4.14. The van der Waals surface area contributed by atoms with Crippen molar-refractivity contribution >= 4 is 43.5 Å². The molecular formula is C13H15Br2NO3. The number of esters is 1. The number of hydrogen-bond donors (Lipinski definition) is 1. The van der Waals surface area contributed by atoms with Gasteiger partial charge in [-0.25, -0.2) is 4.79 Å². The smallest absolute Gasteiger partial charge is 0.340 e. The molecule has 4 nitrogen and oxygen atoms in total. The molecular weight excluding hydrogens is 378 g/mol. The number of ether oxygens (including phenoxy) is 2. The van der Waals surface area contributed by atoms with Gasteiger partial charge in [-0.1, -0.05) is 22.9 Å². The Morgan fingerprint density at radius 1 is 1.47 bits per heavy atom. The third-order valence-electron chi connectivity index (χ3n) is 3.05. The van der Waals surface area contributed by atoms with E-state index in [1.54, 1.807) is 6.07 Å². The number of rotatable bonds is 4. The number of carbonyl (C=O) groups is 1. The molecule has 2 rings (SSSR count). The second-order valence-corrected chi connectivity index (χ2v) is 6.73. The zero-order valence-electron chi connectivity index (χ0n) is 10.8. The molecule has 19 heavy (non-hydrogen) atoms. The summed E-state index contributed by atoms with van der Waals surface area (Å²) >= 11 is 6.85. The lowest BCUT2D eigenvalue weighted by Gasteiger charge is -2.38. The maximum Gasteiger partial charge on any atom is 0.340 e. The van der Waals surface area contributed by atoms with Crippen molar-refractivity contribution in [1.82, 2.24) is 0 Å². The molecule has 1 aromatic rings. The number of nitrogens with one attached hydrogen (secondary N) is 1. The molecule has 0 aromatic heterocycles. The highest BCUT2D eigenvalue weighted by Crippen LogP contribution is 2.33. The van der Waals surface area contributed by atoms with Crippen LogP contribution in [0.25, 0.3) is 0 Å². The third kappa shape index (κ3) is 3.30. The molecule has 1 fully saturated rings. The van der Waals surface area contributed by atoms with E-state index in [1.165, 1.54) is 7.11 Å². The first-order valence-corrected chi connectivity index (χ1v) is 7.43. The quantitative estimate of drug-likeness (QED) is 0.797. The summed E-state index contributed by atoms with van der Waals surface area (Å²) in [5.41, 5.74) is 1.38. The Hall–Kier alpha value is -0.590. The number of hydrogen-bond acceptors (Lipinski definition) is 4. The Morgan fingerprint density at radius 2 is 2.16 bits per heavy atom. The van der Waals surface area contributed by atoms with Crippen LogP contribution in [0, 0.1) is 5.41 Å². The fourth-order valence-electron chi connectivity index (χ4n) is 1.88. The Balaban J connectivity index is 2.24. The summed E-state index contributed by atoms with van der Waals surface area (Å²) in [5, 5.41) is 3.32. The van der Waals surface area contributed by atoms with Gasteiger partial charge < -0.3 is 14.8 Å². The van der Waals surface area contributed by atoms with E-state index in [-0.39, 0.29) is 11.4 Å². The lowest BCUT2D eigenvalue weighted by atomic mass is 9.88. The van der Waals surface area contributed by atoms with Gasteiger partial charge in [0.1, 0.15) is 0 Å². The number of benzene rings is 1. The van der Waals surface area contributed by atoms with Crippen LogP contribution in [0.3, 0.4) is 0 Å². The zero-order chi connectivity index (χ0) is 14.0. The minimum Gasteiger partial charge on any atom is -0.465 e. The first kappa shape index (κ1) is 14.8. The van der Waals surface area contributed by atoms with Gasteiger partial charge in [-0.05, 0) is 28.1 Å². The van der Waals surface area contributed by atoms with Crippen LogP contribution in [0.1, 0.15) is 17.3 Å². The Bertz CT molecular complexity index is 501. The number of carbonyl (C=O) groups excluding carboxylic acids is 1. The molecule has 0 spiro atoms. The Morgan fingerprint density at radius 3 is 2.68 bits per heavy atom. The number of anilines is 1. The van der Waals surface area contributed by atoms with Gasteiger partial charge in [0.15, 0.2) is 0 Å². The highest BCUT2D eigenvalue weighted by Gasteiger charge is 2.33. The van der Waals surface area contributed by atoms with Crippen molar-refractivity contribution in [2.75, 3.05) is 32.2 Å². The van der Waals surface area contributed by atoms with Crippen LogP contribution in [0.15, 0.2) is 21.1 Å². The maximum absolute atomic E-state index is 11.8. The van der Waals surface area contributed by atoms with Crippen molar-refractivity contribution in [2.45, 2.75) is 6.92 Å². The summed E-state index contributed by atoms with van der Waals surface area (Å²) in [6.07, 6.45) is 0. The first-order chi connectivity index (χ1) is 8.95. The molecule has 0 saturated carbocycles. The van der Waals surface area contributed by atoms with E-state index in [1.807, 2.05) is 6.07 Å². The van der Waals surface area contributed by atoms with Crippen LogP contribution in [0.2, 0.25) is 0 Å². The van der Waals surface area contributed by atoms with Gasteiger partial charge in [-0.2, -0.15) is 0 Å². The fraction of sp³-hybridized carbons (Fsp3) is 0.462. The van der Waals surface area contributed by atoms with Crippen LogP contribution in [-0.4, -0.2) is 32.8 Å². The van der Waals surface area contributed by atoms with E-state index < -0.39 is 0 Å². The van der Waals surface area contributed by atoms with E-state index >= 15 is 0 Å². The SMILES string of the molecule is COC(=O)c1cc(Br)cc(Br)c1NCC1(C)COC1. The molecule has 1 heterocycles. The monoisotopic (exact) mass is 391 g/mol.